The third-order valence-electron chi connectivity index (χ3n) is 3.44. The predicted octanol–water partition coefficient (Wildman–Crippen LogP) is 2.35. The zero-order chi connectivity index (χ0) is 17.9. The molecule has 1 heterocycles. The van der Waals surface area contributed by atoms with Gasteiger partial charge in [0.25, 0.3) is 0 Å². The van der Waals surface area contributed by atoms with E-state index in [0.717, 1.165) is 11.8 Å². The Balaban J connectivity index is 1.82. The molecule has 1 aromatic heterocycles. The third-order valence-corrected chi connectivity index (χ3v) is 4.37. The number of primary sulfonamides is 1. The highest BCUT2D eigenvalue weighted by atomic mass is 32.2. The molecule has 0 fully saturated rings. The molecule has 0 aliphatic carbocycles. The molecule has 0 radical (unpaired) electrons. The summed E-state index contributed by atoms with van der Waals surface area (Å²) in [6, 6.07) is 14.7. The van der Waals surface area contributed by atoms with Gasteiger partial charge in [-0.1, -0.05) is 24.3 Å². The Bertz CT molecular complexity index is 1000. The lowest BCUT2D eigenvalue weighted by atomic mass is 10.1. The molecule has 2 aromatic carbocycles. The summed E-state index contributed by atoms with van der Waals surface area (Å²) < 4.78 is 22.5. The minimum atomic E-state index is -3.72. The van der Waals surface area contributed by atoms with Crippen molar-refractivity contribution in [1.82, 2.24) is 9.97 Å². The maximum absolute atomic E-state index is 11.3. The van der Waals surface area contributed by atoms with E-state index in [1.165, 1.54) is 12.1 Å². The minimum absolute atomic E-state index is 0.0305. The van der Waals surface area contributed by atoms with Gasteiger partial charge in [0.2, 0.25) is 16.0 Å². The Morgan fingerprint density at radius 3 is 2.24 bits per heavy atom. The molecule has 0 bridgehead atoms. The van der Waals surface area contributed by atoms with Crippen molar-refractivity contribution >= 4 is 27.9 Å². The van der Waals surface area contributed by atoms with Gasteiger partial charge >= 0.3 is 0 Å². The number of carbonyl (C=O) groups excluding carboxylic acids is 1. The molecule has 0 aliphatic rings. The maximum Gasteiger partial charge on any atom is 0.238 e. The van der Waals surface area contributed by atoms with E-state index in [1.807, 2.05) is 0 Å². The Morgan fingerprint density at radius 2 is 1.64 bits per heavy atom. The Morgan fingerprint density at radius 1 is 0.960 bits per heavy atom. The molecule has 126 valence electrons. The molecular formula is C17H14N4O3S. The van der Waals surface area contributed by atoms with Gasteiger partial charge in [-0.15, -0.1) is 0 Å². The molecule has 0 atom stereocenters. The molecule has 0 unspecified atom stereocenters. The number of rotatable bonds is 5. The van der Waals surface area contributed by atoms with Crippen LogP contribution in [0.25, 0.3) is 11.3 Å². The lowest BCUT2D eigenvalue weighted by Crippen LogP contribution is -2.11. The number of nitrogens with two attached hydrogens (primary N) is 1. The van der Waals surface area contributed by atoms with Gasteiger partial charge in [0.1, 0.15) is 6.29 Å². The SMILES string of the molecule is NS(=O)(=O)c1ccc(Nc2nccc(-c3ccc(C=O)cc3)n2)cc1. The zero-order valence-electron chi connectivity index (χ0n) is 13.0. The topological polar surface area (TPSA) is 115 Å². The van der Waals surface area contributed by atoms with Crippen molar-refractivity contribution in [3.8, 4) is 11.3 Å². The smallest absolute Gasteiger partial charge is 0.238 e. The number of anilines is 2. The third kappa shape index (κ3) is 4.06. The van der Waals surface area contributed by atoms with Gasteiger partial charge in [-0.05, 0) is 30.3 Å². The highest BCUT2D eigenvalue weighted by molar-refractivity contribution is 7.89. The Labute approximate surface area is 144 Å². The van der Waals surface area contributed by atoms with E-state index in [0.29, 0.717) is 22.9 Å². The summed E-state index contributed by atoms with van der Waals surface area (Å²) in [5.74, 6) is 0.361. The van der Waals surface area contributed by atoms with Gasteiger partial charge in [0.05, 0.1) is 10.6 Å². The maximum atomic E-state index is 11.3. The van der Waals surface area contributed by atoms with Crippen LogP contribution in [-0.4, -0.2) is 24.7 Å². The summed E-state index contributed by atoms with van der Waals surface area (Å²) in [7, 11) is -3.72. The first-order chi connectivity index (χ1) is 12.0. The van der Waals surface area contributed by atoms with Gasteiger partial charge in [0.15, 0.2) is 0 Å². The number of aromatic nitrogens is 2. The van der Waals surface area contributed by atoms with Crippen LogP contribution in [0.5, 0.6) is 0 Å². The first-order valence-electron chi connectivity index (χ1n) is 7.24. The van der Waals surface area contributed by atoms with E-state index in [2.05, 4.69) is 15.3 Å². The summed E-state index contributed by atoms with van der Waals surface area (Å²) in [6.45, 7) is 0. The standard InChI is InChI=1S/C17H14N4O3S/c18-25(23,24)15-7-5-14(6-8-15)20-17-19-10-9-16(21-17)13-3-1-12(11-22)2-4-13/h1-11H,(H2,18,23,24)(H,19,20,21). The largest absolute Gasteiger partial charge is 0.324 e. The number of benzene rings is 2. The molecule has 7 nitrogen and oxygen atoms in total. The fourth-order valence-electron chi connectivity index (χ4n) is 2.17. The van der Waals surface area contributed by atoms with Crippen LogP contribution in [0.2, 0.25) is 0 Å². The number of nitrogens with zero attached hydrogens (tertiary/aromatic N) is 2. The van der Waals surface area contributed by atoms with Crippen LogP contribution in [-0.2, 0) is 10.0 Å². The van der Waals surface area contributed by atoms with E-state index in [9.17, 15) is 13.2 Å². The molecule has 0 spiro atoms. The molecule has 0 amide bonds. The van der Waals surface area contributed by atoms with Crippen molar-refractivity contribution in [2.45, 2.75) is 4.90 Å². The van der Waals surface area contributed by atoms with Gasteiger partial charge < -0.3 is 5.32 Å². The van der Waals surface area contributed by atoms with Gasteiger partial charge in [-0.3, -0.25) is 4.79 Å². The number of nitrogens with one attached hydrogen (secondary N) is 1. The molecule has 3 aromatic rings. The first kappa shape index (κ1) is 16.7. The molecule has 8 heteroatoms. The van der Waals surface area contributed by atoms with E-state index in [-0.39, 0.29) is 4.90 Å². The number of sulfonamides is 1. The highest BCUT2D eigenvalue weighted by Crippen LogP contribution is 2.20. The molecule has 0 saturated heterocycles. The summed E-state index contributed by atoms with van der Waals surface area (Å²) in [6.07, 6.45) is 2.39. The predicted molar refractivity (Wildman–Crippen MR) is 94.0 cm³/mol. The Kier molecular flexibility index (Phi) is 4.55. The van der Waals surface area contributed by atoms with Gasteiger partial charge in [-0.2, -0.15) is 0 Å². The number of hydrogen-bond donors (Lipinski definition) is 2. The zero-order valence-corrected chi connectivity index (χ0v) is 13.8. The average Bonchev–Trinajstić information content (AvgIpc) is 2.62. The molecule has 25 heavy (non-hydrogen) atoms. The van der Waals surface area contributed by atoms with Crippen molar-refractivity contribution < 1.29 is 13.2 Å². The number of aldehydes is 1. The average molecular weight is 354 g/mol. The molecule has 0 aliphatic heterocycles. The summed E-state index contributed by atoms with van der Waals surface area (Å²) in [4.78, 5) is 19.3. The van der Waals surface area contributed by atoms with E-state index in [4.69, 9.17) is 5.14 Å². The fraction of sp³-hybridized carbons (Fsp3) is 0. The second-order valence-corrected chi connectivity index (χ2v) is 6.76. The van der Waals surface area contributed by atoms with Crippen LogP contribution in [0.1, 0.15) is 10.4 Å². The van der Waals surface area contributed by atoms with Crippen LogP contribution in [0.15, 0.2) is 65.7 Å². The molecule has 0 saturated carbocycles. The van der Waals surface area contributed by atoms with Crippen molar-refractivity contribution in [2.75, 3.05) is 5.32 Å². The van der Waals surface area contributed by atoms with E-state index in [1.54, 1.807) is 48.7 Å². The molecular weight excluding hydrogens is 340 g/mol. The van der Waals surface area contributed by atoms with Crippen LogP contribution in [0, 0.1) is 0 Å². The normalized spacial score (nSPS) is 11.1. The van der Waals surface area contributed by atoms with E-state index < -0.39 is 10.0 Å². The monoisotopic (exact) mass is 354 g/mol. The van der Waals surface area contributed by atoms with E-state index >= 15 is 0 Å². The van der Waals surface area contributed by atoms with Crippen LogP contribution < -0.4 is 10.5 Å². The lowest BCUT2D eigenvalue weighted by molar-refractivity contribution is 0.112. The van der Waals surface area contributed by atoms with Crippen molar-refractivity contribution in [3.05, 3.63) is 66.4 Å². The lowest BCUT2D eigenvalue weighted by Gasteiger charge is -2.07. The summed E-state index contributed by atoms with van der Waals surface area (Å²) in [5.41, 5.74) is 2.75. The van der Waals surface area contributed by atoms with Gasteiger partial charge in [-0.25, -0.2) is 23.5 Å². The second kappa shape index (κ2) is 6.80. The number of carbonyl (C=O) groups is 1. The quantitative estimate of drug-likeness (QED) is 0.680. The van der Waals surface area contributed by atoms with Crippen LogP contribution in [0.4, 0.5) is 11.6 Å². The van der Waals surface area contributed by atoms with Crippen LogP contribution in [0.3, 0.4) is 0 Å². The van der Waals surface area contributed by atoms with Gasteiger partial charge in [0, 0.05) is 23.0 Å². The molecule has 3 rings (SSSR count). The van der Waals surface area contributed by atoms with Crippen molar-refractivity contribution in [1.29, 1.82) is 0 Å². The summed E-state index contributed by atoms with van der Waals surface area (Å²) >= 11 is 0. The van der Waals surface area contributed by atoms with Crippen LogP contribution >= 0.6 is 0 Å². The number of hydrogen-bond acceptors (Lipinski definition) is 6. The highest BCUT2D eigenvalue weighted by Gasteiger charge is 2.08. The fourth-order valence-corrected chi connectivity index (χ4v) is 2.68. The Hall–Kier alpha value is -3.10. The second-order valence-electron chi connectivity index (χ2n) is 5.20. The minimum Gasteiger partial charge on any atom is -0.324 e. The first-order valence-corrected chi connectivity index (χ1v) is 8.79. The summed E-state index contributed by atoms with van der Waals surface area (Å²) in [5, 5.41) is 8.07. The van der Waals surface area contributed by atoms with Crippen molar-refractivity contribution in [2.24, 2.45) is 5.14 Å². The van der Waals surface area contributed by atoms with Crippen molar-refractivity contribution in [3.63, 3.8) is 0 Å². The molecule has 3 N–H and O–H groups in total.